The third kappa shape index (κ3) is 6.40. The summed E-state index contributed by atoms with van der Waals surface area (Å²) in [6.07, 6.45) is -3.21. The maximum Gasteiger partial charge on any atom is 0.416 e. The number of oxazole rings is 1. The standard InChI is InChI=1S/C29H26F3N3O4/c1-34(14-20-7-3-2-4-8-20)28(36)24-18-37-27(33-24)17-35(15-21-11-12-25-26(13-21)39-19-38-25)16-22-9-5-6-10-23(22)29(30,31)32/h2-13,18H,14-17,19H2,1H3. The summed E-state index contributed by atoms with van der Waals surface area (Å²) in [6.45, 7) is 0.849. The topological polar surface area (TPSA) is 68.0 Å². The second-order valence-electron chi connectivity index (χ2n) is 9.26. The number of rotatable bonds is 9. The van der Waals surface area contributed by atoms with E-state index in [1.54, 1.807) is 30.1 Å². The number of carbonyl (C=O) groups is 1. The molecule has 0 aliphatic carbocycles. The number of hydrogen-bond acceptors (Lipinski definition) is 6. The van der Waals surface area contributed by atoms with Crippen molar-refractivity contribution in [3.05, 3.63) is 113 Å². The zero-order valence-electron chi connectivity index (χ0n) is 21.1. The van der Waals surface area contributed by atoms with Crippen molar-refractivity contribution in [3.8, 4) is 11.5 Å². The predicted octanol–water partition coefficient (Wildman–Crippen LogP) is 5.90. The van der Waals surface area contributed by atoms with Gasteiger partial charge in [-0.15, -0.1) is 0 Å². The van der Waals surface area contributed by atoms with Crippen molar-refractivity contribution in [2.45, 2.75) is 32.4 Å². The Morgan fingerprint density at radius 2 is 1.62 bits per heavy atom. The van der Waals surface area contributed by atoms with Gasteiger partial charge in [-0.1, -0.05) is 54.6 Å². The first-order valence-electron chi connectivity index (χ1n) is 12.3. The Morgan fingerprint density at radius 3 is 2.41 bits per heavy atom. The van der Waals surface area contributed by atoms with E-state index in [9.17, 15) is 18.0 Å². The quantitative estimate of drug-likeness (QED) is 0.265. The van der Waals surface area contributed by atoms with Crippen LogP contribution in [0.15, 0.2) is 83.5 Å². The van der Waals surface area contributed by atoms with Gasteiger partial charge in [0.1, 0.15) is 6.26 Å². The van der Waals surface area contributed by atoms with E-state index in [-0.39, 0.29) is 49.5 Å². The third-order valence-electron chi connectivity index (χ3n) is 6.30. The van der Waals surface area contributed by atoms with Crippen molar-refractivity contribution in [2.24, 2.45) is 0 Å². The van der Waals surface area contributed by atoms with Crippen molar-refractivity contribution in [1.82, 2.24) is 14.8 Å². The highest BCUT2D eigenvalue weighted by Gasteiger charge is 2.33. The first kappa shape index (κ1) is 26.3. The van der Waals surface area contributed by atoms with E-state index in [1.807, 2.05) is 36.4 Å². The van der Waals surface area contributed by atoms with Gasteiger partial charge in [-0.2, -0.15) is 13.2 Å². The fourth-order valence-electron chi connectivity index (χ4n) is 4.44. The van der Waals surface area contributed by atoms with E-state index >= 15 is 0 Å². The number of hydrogen-bond donors (Lipinski definition) is 0. The molecular formula is C29H26F3N3O4. The Bertz CT molecular complexity index is 1440. The number of fused-ring (bicyclic) bond motifs is 1. The van der Waals surface area contributed by atoms with Gasteiger partial charge in [-0.05, 0) is 34.9 Å². The third-order valence-corrected chi connectivity index (χ3v) is 6.30. The molecule has 0 spiro atoms. The molecule has 0 saturated heterocycles. The Labute approximate surface area is 223 Å². The van der Waals surface area contributed by atoms with Crippen molar-refractivity contribution >= 4 is 5.91 Å². The minimum atomic E-state index is -4.49. The lowest BCUT2D eigenvalue weighted by Crippen LogP contribution is -2.27. The average Bonchev–Trinajstić information content (AvgIpc) is 3.58. The molecule has 7 nitrogen and oxygen atoms in total. The average molecular weight is 538 g/mol. The largest absolute Gasteiger partial charge is 0.454 e. The summed E-state index contributed by atoms with van der Waals surface area (Å²) < 4.78 is 57.5. The molecule has 0 N–H and O–H groups in total. The lowest BCUT2D eigenvalue weighted by atomic mass is 10.1. The van der Waals surface area contributed by atoms with Crippen LogP contribution < -0.4 is 9.47 Å². The van der Waals surface area contributed by atoms with Gasteiger partial charge in [0.2, 0.25) is 12.7 Å². The van der Waals surface area contributed by atoms with Crippen molar-refractivity contribution in [2.75, 3.05) is 13.8 Å². The summed E-state index contributed by atoms with van der Waals surface area (Å²) >= 11 is 0. The summed E-state index contributed by atoms with van der Waals surface area (Å²) in [5.41, 5.74) is 1.33. The minimum absolute atomic E-state index is 0.0241. The first-order chi connectivity index (χ1) is 18.8. The molecule has 0 saturated carbocycles. The van der Waals surface area contributed by atoms with Gasteiger partial charge in [0, 0.05) is 26.7 Å². The predicted molar refractivity (Wildman–Crippen MR) is 136 cm³/mol. The second kappa shape index (κ2) is 11.2. The van der Waals surface area contributed by atoms with Gasteiger partial charge in [0.05, 0.1) is 12.1 Å². The van der Waals surface area contributed by atoms with Gasteiger partial charge >= 0.3 is 6.18 Å². The van der Waals surface area contributed by atoms with Crippen LogP contribution in [0.2, 0.25) is 0 Å². The molecule has 4 aromatic rings. The van der Waals surface area contributed by atoms with Gasteiger partial charge in [0.25, 0.3) is 5.91 Å². The second-order valence-corrected chi connectivity index (χ2v) is 9.26. The number of benzene rings is 3. The van der Waals surface area contributed by atoms with Crippen molar-refractivity contribution in [1.29, 1.82) is 0 Å². The number of halogens is 3. The highest BCUT2D eigenvalue weighted by molar-refractivity contribution is 5.91. The molecule has 0 radical (unpaired) electrons. The number of nitrogens with zero attached hydrogens (tertiary/aromatic N) is 3. The van der Waals surface area contributed by atoms with Crippen LogP contribution in [0.4, 0.5) is 13.2 Å². The lowest BCUT2D eigenvalue weighted by molar-refractivity contribution is -0.138. The monoisotopic (exact) mass is 537 g/mol. The molecule has 10 heteroatoms. The molecule has 0 bridgehead atoms. The molecule has 0 unspecified atom stereocenters. The molecular weight excluding hydrogens is 511 g/mol. The van der Waals surface area contributed by atoms with Gasteiger partial charge in [-0.25, -0.2) is 4.98 Å². The van der Waals surface area contributed by atoms with Crippen LogP contribution in [0.25, 0.3) is 0 Å². The van der Waals surface area contributed by atoms with E-state index in [0.29, 0.717) is 18.0 Å². The van der Waals surface area contributed by atoms with E-state index < -0.39 is 11.7 Å². The SMILES string of the molecule is CN(Cc1ccccc1)C(=O)c1coc(CN(Cc2ccc3c(c2)OCO3)Cc2ccccc2C(F)(F)F)n1. The normalized spacial score (nSPS) is 12.6. The molecule has 2 heterocycles. The highest BCUT2D eigenvalue weighted by Crippen LogP contribution is 2.35. The summed E-state index contributed by atoms with van der Waals surface area (Å²) in [4.78, 5) is 20.6. The summed E-state index contributed by atoms with van der Waals surface area (Å²) in [6, 6.07) is 20.4. The molecule has 39 heavy (non-hydrogen) atoms. The summed E-state index contributed by atoms with van der Waals surface area (Å²) in [5.74, 6) is 1.09. The lowest BCUT2D eigenvalue weighted by Gasteiger charge is -2.23. The molecule has 5 rings (SSSR count). The molecule has 1 amide bonds. The van der Waals surface area contributed by atoms with Gasteiger partial charge in [0.15, 0.2) is 17.2 Å². The molecule has 1 aliphatic rings. The van der Waals surface area contributed by atoms with E-state index in [1.165, 1.54) is 23.3 Å². The summed E-state index contributed by atoms with van der Waals surface area (Å²) in [7, 11) is 1.67. The number of carbonyl (C=O) groups excluding carboxylic acids is 1. The van der Waals surface area contributed by atoms with Crippen LogP contribution in [0.5, 0.6) is 11.5 Å². The molecule has 0 fully saturated rings. The number of aromatic nitrogens is 1. The van der Waals surface area contributed by atoms with Crippen LogP contribution in [-0.4, -0.2) is 34.5 Å². The van der Waals surface area contributed by atoms with Gasteiger partial charge in [-0.3, -0.25) is 9.69 Å². The zero-order valence-corrected chi connectivity index (χ0v) is 21.1. The molecule has 0 atom stereocenters. The van der Waals surface area contributed by atoms with Crippen LogP contribution in [0.3, 0.4) is 0 Å². The van der Waals surface area contributed by atoms with E-state index in [4.69, 9.17) is 13.9 Å². The molecule has 3 aromatic carbocycles. The zero-order chi connectivity index (χ0) is 27.4. The Balaban J connectivity index is 1.35. The Kier molecular flexibility index (Phi) is 7.56. The van der Waals surface area contributed by atoms with Crippen LogP contribution >= 0.6 is 0 Å². The number of alkyl halides is 3. The molecule has 1 aliphatic heterocycles. The fourth-order valence-corrected chi connectivity index (χ4v) is 4.44. The van der Waals surface area contributed by atoms with Crippen molar-refractivity contribution in [3.63, 3.8) is 0 Å². The maximum absolute atomic E-state index is 13.7. The number of amides is 1. The van der Waals surface area contributed by atoms with Crippen LogP contribution in [0.1, 0.15) is 38.6 Å². The van der Waals surface area contributed by atoms with E-state index in [2.05, 4.69) is 4.98 Å². The fraction of sp³-hybridized carbons (Fsp3) is 0.241. The smallest absolute Gasteiger partial charge is 0.416 e. The van der Waals surface area contributed by atoms with E-state index in [0.717, 1.165) is 17.2 Å². The Hall–Kier alpha value is -4.31. The highest BCUT2D eigenvalue weighted by atomic mass is 19.4. The molecule has 202 valence electrons. The number of ether oxygens (including phenoxy) is 2. The van der Waals surface area contributed by atoms with Gasteiger partial charge < -0.3 is 18.8 Å². The van der Waals surface area contributed by atoms with Crippen molar-refractivity contribution < 1.29 is 31.9 Å². The minimum Gasteiger partial charge on any atom is -0.454 e. The summed E-state index contributed by atoms with van der Waals surface area (Å²) in [5, 5.41) is 0. The van der Waals surface area contributed by atoms with Crippen LogP contribution in [0, 0.1) is 0 Å². The van der Waals surface area contributed by atoms with Crippen LogP contribution in [-0.2, 0) is 32.4 Å². The Morgan fingerprint density at radius 1 is 0.872 bits per heavy atom. The molecule has 1 aromatic heterocycles. The maximum atomic E-state index is 13.7. The first-order valence-corrected chi connectivity index (χ1v) is 12.3.